The first-order chi connectivity index (χ1) is 9.24. The zero-order valence-electron chi connectivity index (χ0n) is 10.9. The van der Waals surface area contributed by atoms with E-state index in [9.17, 15) is 0 Å². The van der Waals surface area contributed by atoms with Crippen molar-refractivity contribution in [2.24, 2.45) is 0 Å². The molecule has 0 bridgehead atoms. The molecule has 0 radical (unpaired) electrons. The number of benzene rings is 2. The van der Waals surface area contributed by atoms with E-state index in [2.05, 4.69) is 11.4 Å². The van der Waals surface area contributed by atoms with E-state index >= 15 is 0 Å². The van der Waals surface area contributed by atoms with Gasteiger partial charge in [0.15, 0.2) is 0 Å². The molecule has 2 aromatic rings. The largest absolute Gasteiger partial charge is 0.497 e. The van der Waals surface area contributed by atoms with Crippen LogP contribution in [0.3, 0.4) is 0 Å². The molecule has 4 heteroatoms. The van der Waals surface area contributed by atoms with Gasteiger partial charge in [-0.25, -0.2) is 0 Å². The summed E-state index contributed by atoms with van der Waals surface area (Å²) in [7, 11) is 3.60. The number of methoxy groups -OCH3 is 1. The van der Waals surface area contributed by atoms with Gasteiger partial charge in [0.1, 0.15) is 5.75 Å². The lowest BCUT2D eigenvalue weighted by Crippen LogP contribution is -2.06. The highest BCUT2D eigenvalue weighted by molar-refractivity contribution is 7.99. The van der Waals surface area contributed by atoms with Crippen molar-refractivity contribution in [3.63, 3.8) is 0 Å². The van der Waals surface area contributed by atoms with Crippen molar-refractivity contribution in [2.45, 2.75) is 16.3 Å². The monoisotopic (exact) mass is 293 g/mol. The van der Waals surface area contributed by atoms with Gasteiger partial charge in [-0.1, -0.05) is 35.5 Å². The van der Waals surface area contributed by atoms with Crippen molar-refractivity contribution in [3.8, 4) is 5.75 Å². The minimum Gasteiger partial charge on any atom is -0.497 e. The van der Waals surface area contributed by atoms with Crippen molar-refractivity contribution in [1.29, 1.82) is 0 Å². The molecule has 0 aliphatic heterocycles. The van der Waals surface area contributed by atoms with Gasteiger partial charge in [-0.05, 0) is 42.9 Å². The van der Waals surface area contributed by atoms with Crippen LogP contribution in [0.15, 0.2) is 52.3 Å². The number of hydrogen-bond acceptors (Lipinski definition) is 3. The van der Waals surface area contributed by atoms with Crippen LogP contribution in [0.25, 0.3) is 0 Å². The highest BCUT2D eigenvalue weighted by atomic mass is 35.5. The zero-order valence-corrected chi connectivity index (χ0v) is 12.5. The van der Waals surface area contributed by atoms with E-state index < -0.39 is 0 Å². The molecule has 100 valence electrons. The molecule has 0 aliphatic carbocycles. The first-order valence-electron chi connectivity index (χ1n) is 5.98. The Kier molecular flexibility index (Phi) is 5.14. The third-order valence-corrected chi connectivity index (χ3v) is 4.32. The van der Waals surface area contributed by atoms with Gasteiger partial charge < -0.3 is 10.1 Å². The molecule has 0 unspecified atom stereocenters. The van der Waals surface area contributed by atoms with Crippen LogP contribution in [-0.4, -0.2) is 14.2 Å². The zero-order chi connectivity index (χ0) is 13.7. The minimum absolute atomic E-state index is 0.786. The van der Waals surface area contributed by atoms with E-state index in [1.807, 2.05) is 43.4 Å². The van der Waals surface area contributed by atoms with E-state index in [1.54, 1.807) is 18.9 Å². The number of rotatable bonds is 5. The predicted octanol–water partition coefficient (Wildman–Crippen LogP) is 4.22. The fourth-order valence-corrected chi connectivity index (χ4v) is 3.01. The molecule has 1 N–H and O–H groups in total. The summed E-state index contributed by atoms with van der Waals surface area (Å²) in [5, 5.41) is 3.95. The maximum atomic E-state index is 6.30. The Hall–Kier alpha value is -1.16. The maximum Gasteiger partial charge on any atom is 0.118 e. The standard InChI is InChI=1S/C15H16ClNOS/c1-17-10-11-4-3-5-14(16)15(11)19-13-8-6-12(18-2)7-9-13/h3-9,17H,10H2,1-2H3. The summed E-state index contributed by atoms with van der Waals surface area (Å²) in [6.07, 6.45) is 0. The Morgan fingerprint density at radius 1 is 1.16 bits per heavy atom. The Morgan fingerprint density at radius 2 is 1.89 bits per heavy atom. The van der Waals surface area contributed by atoms with Gasteiger partial charge in [-0.2, -0.15) is 0 Å². The molecule has 0 atom stereocenters. The van der Waals surface area contributed by atoms with Crippen LogP contribution in [0.2, 0.25) is 5.02 Å². The van der Waals surface area contributed by atoms with Gasteiger partial charge in [0.2, 0.25) is 0 Å². The lowest BCUT2D eigenvalue weighted by Gasteiger charge is -2.11. The van der Waals surface area contributed by atoms with E-state index in [4.69, 9.17) is 16.3 Å². The summed E-state index contributed by atoms with van der Waals surface area (Å²) >= 11 is 7.97. The van der Waals surface area contributed by atoms with Crippen LogP contribution in [0.1, 0.15) is 5.56 Å². The van der Waals surface area contributed by atoms with E-state index in [0.717, 1.165) is 27.1 Å². The summed E-state index contributed by atoms with van der Waals surface area (Å²) in [5.41, 5.74) is 1.20. The summed E-state index contributed by atoms with van der Waals surface area (Å²) in [5.74, 6) is 0.860. The Morgan fingerprint density at radius 3 is 2.53 bits per heavy atom. The molecule has 2 rings (SSSR count). The average Bonchev–Trinajstić information content (AvgIpc) is 2.44. The Balaban J connectivity index is 2.26. The van der Waals surface area contributed by atoms with Crippen molar-refractivity contribution < 1.29 is 4.74 Å². The SMILES string of the molecule is CNCc1cccc(Cl)c1Sc1ccc(OC)cc1. The number of nitrogens with one attached hydrogen (secondary N) is 1. The lowest BCUT2D eigenvalue weighted by atomic mass is 10.2. The molecule has 0 fully saturated rings. The summed E-state index contributed by atoms with van der Waals surface area (Å²) in [6.45, 7) is 0.805. The molecule has 0 aromatic heterocycles. The van der Waals surface area contributed by atoms with Gasteiger partial charge in [-0.15, -0.1) is 0 Å². The normalized spacial score (nSPS) is 10.5. The van der Waals surface area contributed by atoms with Crippen LogP contribution in [0.5, 0.6) is 5.75 Å². The van der Waals surface area contributed by atoms with E-state index in [-0.39, 0.29) is 0 Å². The molecule has 0 heterocycles. The molecular formula is C15H16ClNOS. The van der Waals surface area contributed by atoms with Gasteiger partial charge in [0.05, 0.1) is 12.1 Å². The summed E-state index contributed by atoms with van der Waals surface area (Å²) in [6, 6.07) is 14.0. The van der Waals surface area contributed by atoms with Crippen molar-refractivity contribution in [3.05, 3.63) is 53.1 Å². The molecule has 0 saturated carbocycles. The molecular weight excluding hydrogens is 278 g/mol. The molecule has 2 aromatic carbocycles. The second-order valence-electron chi connectivity index (χ2n) is 4.04. The molecule has 0 amide bonds. The summed E-state index contributed by atoms with van der Waals surface area (Å²) in [4.78, 5) is 2.25. The van der Waals surface area contributed by atoms with Gasteiger partial charge in [-0.3, -0.25) is 0 Å². The van der Waals surface area contributed by atoms with Crippen molar-refractivity contribution >= 4 is 23.4 Å². The third kappa shape index (κ3) is 3.66. The van der Waals surface area contributed by atoms with Gasteiger partial charge >= 0.3 is 0 Å². The predicted molar refractivity (Wildman–Crippen MR) is 81.3 cm³/mol. The van der Waals surface area contributed by atoms with Crippen molar-refractivity contribution in [2.75, 3.05) is 14.2 Å². The molecule has 2 nitrogen and oxygen atoms in total. The Bertz CT molecular complexity index is 542. The van der Waals surface area contributed by atoms with Crippen LogP contribution in [0.4, 0.5) is 0 Å². The molecule has 0 spiro atoms. The first kappa shape index (κ1) is 14.3. The second-order valence-corrected chi connectivity index (χ2v) is 5.53. The number of halogens is 1. The third-order valence-electron chi connectivity index (χ3n) is 2.70. The number of ether oxygens (including phenoxy) is 1. The Labute approximate surface area is 123 Å². The average molecular weight is 294 g/mol. The van der Waals surface area contributed by atoms with Gasteiger partial charge in [0.25, 0.3) is 0 Å². The molecule has 0 saturated heterocycles. The highest BCUT2D eigenvalue weighted by Crippen LogP contribution is 2.36. The van der Waals surface area contributed by atoms with Crippen LogP contribution >= 0.6 is 23.4 Å². The quantitative estimate of drug-likeness (QED) is 0.892. The smallest absolute Gasteiger partial charge is 0.118 e. The van der Waals surface area contributed by atoms with Crippen LogP contribution in [-0.2, 0) is 6.54 Å². The fraction of sp³-hybridized carbons (Fsp3) is 0.200. The van der Waals surface area contributed by atoms with E-state index in [0.29, 0.717) is 0 Å². The lowest BCUT2D eigenvalue weighted by molar-refractivity contribution is 0.414. The number of hydrogen-bond donors (Lipinski definition) is 1. The van der Waals surface area contributed by atoms with Gasteiger partial charge in [0, 0.05) is 16.3 Å². The first-order valence-corrected chi connectivity index (χ1v) is 7.18. The second kappa shape index (κ2) is 6.85. The van der Waals surface area contributed by atoms with Crippen molar-refractivity contribution in [1.82, 2.24) is 5.32 Å². The maximum absolute atomic E-state index is 6.30. The topological polar surface area (TPSA) is 21.3 Å². The summed E-state index contributed by atoms with van der Waals surface area (Å²) < 4.78 is 5.16. The van der Waals surface area contributed by atoms with E-state index in [1.165, 1.54) is 5.56 Å². The molecule has 19 heavy (non-hydrogen) atoms. The van der Waals surface area contributed by atoms with Crippen LogP contribution < -0.4 is 10.1 Å². The molecule has 0 aliphatic rings. The highest BCUT2D eigenvalue weighted by Gasteiger charge is 2.08. The van der Waals surface area contributed by atoms with Crippen LogP contribution in [0, 0.1) is 0 Å². The fourth-order valence-electron chi connectivity index (χ4n) is 1.76. The minimum atomic E-state index is 0.786.